The van der Waals surface area contributed by atoms with Gasteiger partial charge in [-0.2, -0.15) is 0 Å². The van der Waals surface area contributed by atoms with Crippen LogP contribution in [-0.2, 0) is 0 Å². The van der Waals surface area contributed by atoms with Crippen LogP contribution in [-0.4, -0.2) is 11.4 Å². The fourth-order valence-electron chi connectivity index (χ4n) is 0.801. The zero-order valence-corrected chi connectivity index (χ0v) is 6.84. The molecule has 0 N–H and O–H groups in total. The SMILES string of the molecule is C=CN(C=C)CCCCC. The van der Waals surface area contributed by atoms with E-state index in [1.54, 1.807) is 0 Å². The van der Waals surface area contributed by atoms with E-state index in [-0.39, 0.29) is 0 Å². The molecule has 1 heteroatoms. The lowest BCUT2D eigenvalue weighted by molar-refractivity contribution is 0.478. The Hall–Kier alpha value is -0.720. The zero-order valence-electron chi connectivity index (χ0n) is 6.84. The van der Waals surface area contributed by atoms with Gasteiger partial charge in [0, 0.05) is 6.54 Å². The van der Waals surface area contributed by atoms with Crippen molar-refractivity contribution in [2.24, 2.45) is 0 Å². The molecular formula is C9H17N. The number of hydrogen-bond acceptors (Lipinski definition) is 1. The third kappa shape index (κ3) is 4.19. The second-order valence-electron chi connectivity index (χ2n) is 2.31. The van der Waals surface area contributed by atoms with Gasteiger partial charge in [-0.3, -0.25) is 0 Å². The van der Waals surface area contributed by atoms with Crippen LogP contribution in [0, 0.1) is 0 Å². The van der Waals surface area contributed by atoms with Crippen molar-refractivity contribution in [1.29, 1.82) is 0 Å². The quantitative estimate of drug-likeness (QED) is 0.511. The molecule has 0 heterocycles. The third-order valence-electron chi connectivity index (χ3n) is 1.49. The van der Waals surface area contributed by atoms with Crippen LogP contribution >= 0.6 is 0 Å². The number of hydrogen-bond donors (Lipinski definition) is 0. The van der Waals surface area contributed by atoms with E-state index in [9.17, 15) is 0 Å². The van der Waals surface area contributed by atoms with E-state index in [2.05, 4.69) is 20.1 Å². The molecule has 0 atom stereocenters. The van der Waals surface area contributed by atoms with Gasteiger partial charge in [-0.05, 0) is 18.8 Å². The van der Waals surface area contributed by atoms with E-state index >= 15 is 0 Å². The zero-order chi connectivity index (χ0) is 7.82. The summed E-state index contributed by atoms with van der Waals surface area (Å²) in [6.07, 6.45) is 7.40. The molecule has 1 nitrogen and oxygen atoms in total. The average Bonchev–Trinajstić information content (AvgIpc) is 1.99. The second-order valence-corrected chi connectivity index (χ2v) is 2.31. The molecule has 0 aromatic rings. The molecule has 0 aliphatic rings. The maximum Gasteiger partial charge on any atom is 0.0219 e. The molecule has 10 heavy (non-hydrogen) atoms. The average molecular weight is 139 g/mol. The summed E-state index contributed by atoms with van der Waals surface area (Å²) in [7, 11) is 0. The Balaban J connectivity index is 3.25. The van der Waals surface area contributed by atoms with Crippen molar-refractivity contribution in [1.82, 2.24) is 4.90 Å². The Labute approximate surface area is 64.0 Å². The first kappa shape index (κ1) is 9.28. The first-order chi connectivity index (χ1) is 4.85. The van der Waals surface area contributed by atoms with Gasteiger partial charge in [0.25, 0.3) is 0 Å². The van der Waals surface area contributed by atoms with Crippen LogP contribution in [0.3, 0.4) is 0 Å². The molecule has 0 radical (unpaired) electrons. The molecule has 58 valence electrons. The summed E-state index contributed by atoms with van der Waals surface area (Å²) in [6.45, 7) is 10.6. The topological polar surface area (TPSA) is 3.24 Å². The van der Waals surface area contributed by atoms with Gasteiger partial charge in [-0.25, -0.2) is 0 Å². The summed E-state index contributed by atoms with van der Waals surface area (Å²) < 4.78 is 0. The van der Waals surface area contributed by atoms with Gasteiger partial charge < -0.3 is 4.90 Å². The number of rotatable bonds is 6. The molecule has 0 unspecified atom stereocenters. The molecule has 0 bridgehead atoms. The Bertz CT molecular complexity index is 88.9. The van der Waals surface area contributed by atoms with Gasteiger partial charge in [-0.1, -0.05) is 32.9 Å². The van der Waals surface area contributed by atoms with E-state index in [1.165, 1.54) is 19.3 Å². The highest BCUT2D eigenvalue weighted by molar-refractivity contribution is 4.79. The van der Waals surface area contributed by atoms with Crippen molar-refractivity contribution in [3.05, 3.63) is 25.6 Å². The van der Waals surface area contributed by atoms with Crippen LogP contribution in [0.1, 0.15) is 26.2 Å². The largest absolute Gasteiger partial charge is 0.355 e. The summed E-state index contributed by atoms with van der Waals surface area (Å²) in [6, 6.07) is 0. The van der Waals surface area contributed by atoms with Gasteiger partial charge in [0.15, 0.2) is 0 Å². The monoisotopic (exact) mass is 139 g/mol. The Morgan fingerprint density at radius 2 is 1.80 bits per heavy atom. The van der Waals surface area contributed by atoms with Gasteiger partial charge in [-0.15, -0.1) is 0 Å². The minimum absolute atomic E-state index is 1.06. The second kappa shape index (κ2) is 6.40. The molecule has 0 aliphatic carbocycles. The maximum absolute atomic E-state index is 3.67. The molecule has 0 fully saturated rings. The van der Waals surface area contributed by atoms with Crippen LogP contribution in [0.25, 0.3) is 0 Å². The molecule has 0 aromatic carbocycles. The minimum atomic E-state index is 1.06. The van der Waals surface area contributed by atoms with E-state index < -0.39 is 0 Å². The lowest BCUT2D eigenvalue weighted by Crippen LogP contribution is -2.09. The molecular weight excluding hydrogens is 122 g/mol. The molecule has 0 aromatic heterocycles. The van der Waals surface area contributed by atoms with Crippen LogP contribution in [0.4, 0.5) is 0 Å². The van der Waals surface area contributed by atoms with E-state index in [4.69, 9.17) is 0 Å². The predicted octanol–water partition coefficient (Wildman–Crippen LogP) is 2.77. The Morgan fingerprint density at radius 1 is 1.20 bits per heavy atom. The molecule has 0 saturated heterocycles. The number of unbranched alkanes of at least 4 members (excludes halogenated alkanes) is 2. The summed E-state index contributed by atoms with van der Waals surface area (Å²) in [5.74, 6) is 0. The number of nitrogens with zero attached hydrogens (tertiary/aromatic N) is 1. The third-order valence-corrected chi connectivity index (χ3v) is 1.49. The maximum atomic E-state index is 3.67. The highest BCUT2D eigenvalue weighted by Gasteiger charge is 1.89. The van der Waals surface area contributed by atoms with E-state index in [0.29, 0.717) is 0 Å². The lowest BCUT2D eigenvalue weighted by atomic mass is 10.2. The summed E-state index contributed by atoms with van der Waals surface area (Å²) in [5.41, 5.74) is 0. The van der Waals surface area contributed by atoms with Gasteiger partial charge in [0.1, 0.15) is 0 Å². The smallest absolute Gasteiger partial charge is 0.0219 e. The first-order valence-corrected chi connectivity index (χ1v) is 3.86. The molecule has 0 spiro atoms. The highest BCUT2D eigenvalue weighted by Crippen LogP contribution is 1.97. The van der Waals surface area contributed by atoms with Crippen LogP contribution in [0.5, 0.6) is 0 Å². The fourth-order valence-corrected chi connectivity index (χ4v) is 0.801. The van der Waals surface area contributed by atoms with Gasteiger partial charge in [0.05, 0.1) is 0 Å². The molecule has 0 rings (SSSR count). The molecule has 0 amide bonds. The Morgan fingerprint density at radius 3 is 2.20 bits per heavy atom. The highest BCUT2D eigenvalue weighted by atomic mass is 15.1. The molecule has 0 saturated carbocycles. The summed E-state index contributed by atoms with van der Waals surface area (Å²) >= 11 is 0. The van der Waals surface area contributed by atoms with Crippen LogP contribution in [0.2, 0.25) is 0 Å². The van der Waals surface area contributed by atoms with Crippen molar-refractivity contribution in [3.8, 4) is 0 Å². The van der Waals surface area contributed by atoms with E-state index in [1.807, 2.05) is 17.3 Å². The molecule has 0 aliphatic heterocycles. The summed E-state index contributed by atoms with van der Waals surface area (Å²) in [5, 5.41) is 0. The van der Waals surface area contributed by atoms with Crippen molar-refractivity contribution < 1.29 is 0 Å². The Kier molecular flexibility index (Phi) is 5.94. The minimum Gasteiger partial charge on any atom is -0.355 e. The first-order valence-electron chi connectivity index (χ1n) is 3.86. The predicted molar refractivity (Wildman–Crippen MR) is 46.6 cm³/mol. The lowest BCUT2D eigenvalue weighted by Gasteiger charge is -2.12. The normalized spacial score (nSPS) is 8.90. The van der Waals surface area contributed by atoms with E-state index in [0.717, 1.165) is 6.54 Å². The van der Waals surface area contributed by atoms with Crippen molar-refractivity contribution >= 4 is 0 Å². The standard InChI is InChI=1S/C9H17N/c1-4-7-8-9-10(5-2)6-3/h5-6H,2-4,7-9H2,1H3. The summed E-state index contributed by atoms with van der Waals surface area (Å²) in [4.78, 5) is 2.01. The van der Waals surface area contributed by atoms with Crippen molar-refractivity contribution in [2.75, 3.05) is 6.54 Å². The van der Waals surface area contributed by atoms with Crippen molar-refractivity contribution in [3.63, 3.8) is 0 Å². The van der Waals surface area contributed by atoms with Crippen LogP contribution in [0.15, 0.2) is 25.6 Å². The van der Waals surface area contributed by atoms with Crippen LogP contribution < -0.4 is 0 Å². The van der Waals surface area contributed by atoms with Gasteiger partial charge in [0.2, 0.25) is 0 Å². The fraction of sp³-hybridized carbons (Fsp3) is 0.556. The van der Waals surface area contributed by atoms with Gasteiger partial charge >= 0.3 is 0 Å². The van der Waals surface area contributed by atoms with Crippen molar-refractivity contribution in [2.45, 2.75) is 26.2 Å².